The molecule has 0 aliphatic rings. The van der Waals surface area contributed by atoms with Crippen molar-refractivity contribution in [3.63, 3.8) is 0 Å². The summed E-state index contributed by atoms with van der Waals surface area (Å²) in [5.74, 6) is 1.73. The number of hydrogen-bond acceptors (Lipinski definition) is 3. The van der Waals surface area contributed by atoms with E-state index >= 15 is 0 Å². The van der Waals surface area contributed by atoms with Gasteiger partial charge in [0, 0.05) is 20.0 Å². The number of halogens is 1. The van der Waals surface area contributed by atoms with Gasteiger partial charge in [0.05, 0.1) is 16.4 Å². The lowest BCUT2D eigenvalue weighted by Gasteiger charge is -2.09. The molecular formula is C15H18ClN5. The molecular weight excluding hydrogens is 286 g/mol. The average Bonchev–Trinajstić information content (AvgIpc) is 3.00. The van der Waals surface area contributed by atoms with Crippen molar-refractivity contribution in [1.29, 1.82) is 0 Å². The number of hydrogen-bond donors (Lipinski definition) is 0. The number of imidazole rings is 1. The Bertz CT molecular complexity index is 772. The van der Waals surface area contributed by atoms with Crippen molar-refractivity contribution in [2.75, 3.05) is 0 Å². The van der Waals surface area contributed by atoms with Crippen LogP contribution in [-0.2, 0) is 20.0 Å². The molecule has 2 aromatic heterocycles. The third-order valence-corrected chi connectivity index (χ3v) is 3.69. The van der Waals surface area contributed by atoms with Gasteiger partial charge in [0.1, 0.15) is 12.2 Å². The molecule has 0 aliphatic carbocycles. The monoisotopic (exact) mass is 303 g/mol. The minimum absolute atomic E-state index is 0.130. The van der Waals surface area contributed by atoms with Gasteiger partial charge in [0.2, 0.25) is 0 Å². The van der Waals surface area contributed by atoms with Gasteiger partial charge < -0.3 is 4.57 Å². The van der Waals surface area contributed by atoms with Gasteiger partial charge in [-0.3, -0.25) is 4.68 Å². The van der Waals surface area contributed by atoms with Crippen molar-refractivity contribution in [1.82, 2.24) is 24.3 Å². The summed E-state index contributed by atoms with van der Waals surface area (Å²) in [6.07, 6.45) is 2.48. The molecule has 21 heavy (non-hydrogen) atoms. The fraction of sp³-hybridized carbons (Fsp3) is 0.400. The van der Waals surface area contributed by atoms with E-state index in [2.05, 4.69) is 38.7 Å². The third-order valence-electron chi connectivity index (χ3n) is 3.50. The number of aryl methyl sites for hydroxylation is 4. The van der Waals surface area contributed by atoms with E-state index in [1.54, 1.807) is 11.0 Å². The van der Waals surface area contributed by atoms with Crippen LogP contribution in [0.2, 0.25) is 0 Å². The van der Waals surface area contributed by atoms with Gasteiger partial charge in [-0.1, -0.05) is 6.07 Å². The fourth-order valence-electron chi connectivity index (χ4n) is 2.50. The minimum atomic E-state index is -0.130. The van der Waals surface area contributed by atoms with Crippen LogP contribution in [0.15, 0.2) is 24.5 Å². The zero-order valence-corrected chi connectivity index (χ0v) is 13.2. The van der Waals surface area contributed by atoms with Crippen LogP contribution >= 0.6 is 11.6 Å². The zero-order valence-electron chi connectivity index (χ0n) is 12.4. The van der Waals surface area contributed by atoms with Crippen LogP contribution in [0.5, 0.6) is 0 Å². The lowest BCUT2D eigenvalue weighted by atomic mass is 10.2. The summed E-state index contributed by atoms with van der Waals surface area (Å²) in [6.45, 7) is 4.81. The molecule has 3 rings (SSSR count). The van der Waals surface area contributed by atoms with Gasteiger partial charge in [-0.2, -0.15) is 5.10 Å². The quantitative estimate of drug-likeness (QED) is 0.696. The summed E-state index contributed by atoms with van der Waals surface area (Å²) in [6, 6.07) is 6.27. The van der Waals surface area contributed by atoms with Crippen LogP contribution in [0.4, 0.5) is 0 Å². The third kappa shape index (κ3) is 2.78. The van der Waals surface area contributed by atoms with E-state index in [4.69, 9.17) is 11.6 Å². The Morgan fingerprint density at radius 2 is 2.14 bits per heavy atom. The molecule has 0 aliphatic heterocycles. The van der Waals surface area contributed by atoms with Gasteiger partial charge in [0.25, 0.3) is 0 Å². The first-order valence-corrected chi connectivity index (χ1v) is 7.43. The highest BCUT2D eigenvalue weighted by Crippen LogP contribution is 2.25. The number of fused-ring (bicyclic) bond motifs is 1. The lowest BCUT2D eigenvalue weighted by molar-refractivity contribution is 0.641. The maximum atomic E-state index is 6.29. The highest BCUT2D eigenvalue weighted by atomic mass is 35.5. The van der Waals surface area contributed by atoms with E-state index < -0.39 is 0 Å². The van der Waals surface area contributed by atoms with E-state index in [9.17, 15) is 0 Å². The van der Waals surface area contributed by atoms with Crippen molar-refractivity contribution >= 4 is 22.6 Å². The maximum absolute atomic E-state index is 6.29. The maximum Gasteiger partial charge on any atom is 0.152 e. The fourth-order valence-corrected chi connectivity index (χ4v) is 2.67. The van der Waals surface area contributed by atoms with E-state index in [1.165, 1.54) is 5.56 Å². The molecule has 0 spiro atoms. The van der Waals surface area contributed by atoms with Crippen LogP contribution < -0.4 is 0 Å². The second kappa shape index (κ2) is 5.48. The molecule has 110 valence electrons. The first-order valence-electron chi connectivity index (χ1n) is 7.00. The summed E-state index contributed by atoms with van der Waals surface area (Å²) in [5.41, 5.74) is 3.32. The number of benzene rings is 1. The SMILES string of the molecule is Cc1ccc2nc(C(C)Cl)n(CCc3ncn(C)n3)c2c1. The highest BCUT2D eigenvalue weighted by molar-refractivity contribution is 6.20. The Labute approximate surface area is 128 Å². The molecule has 0 bridgehead atoms. The van der Waals surface area contributed by atoms with Crippen LogP contribution in [0.25, 0.3) is 11.0 Å². The van der Waals surface area contributed by atoms with Crippen LogP contribution in [0.3, 0.4) is 0 Å². The Morgan fingerprint density at radius 1 is 1.33 bits per heavy atom. The normalized spacial score (nSPS) is 13.0. The van der Waals surface area contributed by atoms with Crippen molar-refractivity contribution in [3.05, 3.63) is 41.7 Å². The Kier molecular flexibility index (Phi) is 3.68. The molecule has 6 heteroatoms. The van der Waals surface area contributed by atoms with Gasteiger partial charge in [-0.05, 0) is 31.5 Å². The standard InChI is InChI=1S/C15H18ClN5/c1-10-4-5-12-13(8-10)21(15(18-12)11(2)16)7-6-14-17-9-20(3)19-14/h4-5,8-9,11H,6-7H2,1-3H3. The Hall–Kier alpha value is -1.88. The summed E-state index contributed by atoms with van der Waals surface area (Å²) in [7, 11) is 1.87. The number of aromatic nitrogens is 5. The first kappa shape index (κ1) is 14.1. The smallest absolute Gasteiger partial charge is 0.152 e. The Morgan fingerprint density at radius 3 is 2.81 bits per heavy atom. The molecule has 1 unspecified atom stereocenters. The molecule has 1 aromatic carbocycles. The van der Waals surface area contributed by atoms with Crippen molar-refractivity contribution in [2.24, 2.45) is 7.05 Å². The highest BCUT2D eigenvalue weighted by Gasteiger charge is 2.15. The second-order valence-corrected chi connectivity index (χ2v) is 5.97. The van der Waals surface area contributed by atoms with Crippen LogP contribution in [0, 0.1) is 6.92 Å². The average molecular weight is 304 g/mol. The Balaban J connectivity index is 1.98. The van der Waals surface area contributed by atoms with Gasteiger partial charge in [-0.25, -0.2) is 9.97 Å². The molecule has 0 fully saturated rings. The minimum Gasteiger partial charge on any atom is -0.326 e. The molecule has 1 atom stereocenters. The number of rotatable bonds is 4. The van der Waals surface area contributed by atoms with Crippen LogP contribution in [-0.4, -0.2) is 24.3 Å². The molecule has 0 amide bonds. The number of alkyl halides is 1. The van der Waals surface area contributed by atoms with Crippen molar-refractivity contribution in [2.45, 2.75) is 32.2 Å². The summed E-state index contributed by atoms with van der Waals surface area (Å²) in [5, 5.41) is 4.19. The zero-order chi connectivity index (χ0) is 15.0. The predicted octanol–water partition coefficient (Wildman–Crippen LogP) is 3.02. The summed E-state index contributed by atoms with van der Waals surface area (Å²) < 4.78 is 3.90. The van der Waals surface area contributed by atoms with Crippen molar-refractivity contribution < 1.29 is 0 Å². The second-order valence-electron chi connectivity index (χ2n) is 5.31. The van der Waals surface area contributed by atoms with E-state index in [0.29, 0.717) is 0 Å². The molecule has 0 saturated carbocycles. The van der Waals surface area contributed by atoms with Crippen molar-refractivity contribution in [3.8, 4) is 0 Å². The molecule has 5 nitrogen and oxygen atoms in total. The largest absolute Gasteiger partial charge is 0.326 e. The van der Waals surface area contributed by atoms with Crippen LogP contribution in [0.1, 0.15) is 29.5 Å². The topological polar surface area (TPSA) is 48.5 Å². The molecule has 0 radical (unpaired) electrons. The van der Waals surface area contributed by atoms with E-state index in [-0.39, 0.29) is 5.38 Å². The van der Waals surface area contributed by atoms with E-state index in [1.807, 2.05) is 20.0 Å². The number of nitrogens with zero attached hydrogens (tertiary/aromatic N) is 5. The van der Waals surface area contributed by atoms with Gasteiger partial charge in [0.15, 0.2) is 5.82 Å². The predicted molar refractivity (Wildman–Crippen MR) is 83.4 cm³/mol. The first-order chi connectivity index (χ1) is 10.0. The molecule has 2 heterocycles. The van der Waals surface area contributed by atoms with E-state index in [0.717, 1.165) is 35.6 Å². The molecule has 0 N–H and O–H groups in total. The summed E-state index contributed by atoms with van der Waals surface area (Å²) >= 11 is 6.29. The van der Waals surface area contributed by atoms with Gasteiger partial charge >= 0.3 is 0 Å². The van der Waals surface area contributed by atoms with Gasteiger partial charge in [-0.15, -0.1) is 11.6 Å². The molecule has 3 aromatic rings. The summed E-state index contributed by atoms with van der Waals surface area (Å²) in [4.78, 5) is 8.93. The lowest BCUT2D eigenvalue weighted by Crippen LogP contribution is -2.08. The molecule has 0 saturated heterocycles.